The van der Waals surface area contributed by atoms with Crippen LogP contribution in [0.5, 0.6) is 0 Å². The van der Waals surface area contributed by atoms with Crippen LogP contribution in [0, 0.1) is 0 Å². The van der Waals surface area contributed by atoms with Gasteiger partial charge < -0.3 is 10.4 Å². The number of aromatic nitrogens is 1. The highest BCUT2D eigenvalue weighted by atomic mass is 35.5. The van der Waals surface area contributed by atoms with Crippen LogP contribution in [0.4, 0.5) is 0 Å². The minimum atomic E-state index is -0.763. The van der Waals surface area contributed by atoms with E-state index in [0.29, 0.717) is 24.5 Å². The van der Waals surface area contributed by atoms with Crippen molar-refractivity contribution >= 4 is 28.9 Å². The van der Waals surface area contributed by atoms with Gasteiger partial charge in [0.15, 0.2) is 0 Å². The van der Waals surface area contributed by atoms with Gasteiger partial charge in [-0.1, -0.05) is 29.8 Å². The zero-order chi connectivity index (χ0) is 14.4. The number of nitrogens with zero attached hydrogens (tertiary/aromatic N) is 1. The number of carboxylic acids is 1. The van der Waals surface area contributed by atoms with Crippen molar-refractivity contribution in [1.29, 1.82) is 0 Å². The highest BCUT2D eigenvalue weighted by Crippen LogP contribution is 2.29. The predicted molar refractivity (Wildman–Crippen MR) is 81.1 cm³/mol. The fourth-order valence-electron chi connectivity index (χ4n) is 1.73. The Kier molecular flexibility index (Phi) is 5.52. The molecule has 2 N–H and O–H groups in total. The van der Waals surface area contributed by atoms with Crippen LogP contribution >= 0.6 is 22.9 Å². The van der Waals surface area contributed by atoms with Crippen molar-refractivity contribution in [3.05, 3.63) is 40.4 Å². The van der Waals surface area contributed by atoms with Gasteiger partial charge in [-0.25, -0.2) is 4.98 Å². The maximum atomic E-state index is 10.4. The van der Waals surface area contributed by atoms with Crippen molar-refractivity contribution in [3.63, 3.8) is 0 Å². The molecule has 0 bridgehead atoms. The lowest BCUT2D eigenvalue weighted by molar-refractivity contribution is -0.137. The van der Waals surface area contributed by atoms with Crippen molar-refractivity contribution in [2.45, 2.75) is 19.4 Å². The third-order valence-corrected chi connectivity index (χ3v) is 3.96. The molecule has 0 spiro atoms. The molecule has 0 aliphatic rings. The van der Waals surface area contributed by atoms with Crippen LogP contribution in [0.1, 0.15) is 18.5 Å². The Morgan fingerprint density at radius 3 is 2.95 bits per heavy atom. The van der Waals surface area contributed by atoms with Crippen molar-refractivity contribution < 1.29 is 9.90 Å². The quantitative estimate of drug-likeness (QED) is 0.769. The molecule has 106 valence electrons. The van der Waals surface area contributed by atoms with Gasteiger partial charge in [-0.15, -0.1) is 11.3 Å². The minimum absolute atomic E-state index is 0.189. The Balaban J connectivity index is 1.87. The summed E-state index contributed by atoms with van der Waals surface area (Å²) in [4.78, 5) is 14.9. The van der Waals surface area contributed by atoms with E-state index in [2.05, 4.69) is 10.3 Å². The molecular weight excluding hydrogens is 296 g/mol. The first-order valence-corrected chi connectivity index (χ1v) is 7.54. The normalized spacial score (nSPS) is 10.7. The summed E-state index contributed by atoms with van der Waals surface area (Å²) in [6.07, 6.45) is 0.811. The second-order valence-electron chi connectivity index (χ2n) is 4.30. The summed E-state index contributed by atoms with van der Waals surface area (Å²) in [5.41, 5.74) is 1.89. The second-order valence-corrected chi connectivity index (χ2v) is 5.56. The number of carbonyl (C=O) groups is 1. The van der Waals surface area contributed by atoms with Crippen molar-refractivity contribution in [1.82, 2.24) is 10.3 Å². The minimum Gasteiger partial charge on any atom is -0.481 e. The molecule has 1 aromatic carbocycles. The number of rotatable bonds is 7. The van der Waals surface area contributed by atoms with Gasteiger partial charge in [-0.3, -0.25) is 4.79 Å². The summed E-state index contributed by atoms with van der Waals surface area (Å²) in [5, 5.41) is 15.3. The molecule has 1 aromatic heterocycles. The monoisotopic (exact) mass is 310 g/mol. The Bertz CT molecular complexity index is 586. The fraction of sp³-hybridized carbons (Fsp3) is 0.286. The molecular formula is C14H15ClN2O2S. The summed E-state index contributed by atoms with van der Waals surface area (Å²) in [7, 11) is 0. The average molecular weight is 311 g/mol. The summed E-state index contributed by atoms with van der Waals surface area (Å²) in [5.74, 6) is -0.763. The van der Waals surface area contributed by atoms with E-state index in [9.17, 15) is 4.79 Å². The zero-order valence-corrected chi connectivity index (χ0v) is 12.4. The number of aliphatic carboxylic acids is 1. The van der Waals surface area contributed by atoms with Crippen LogP contribution in [0.2, 0.25) is 5.02 Å². The standard InChI is InChI=1S/C14H15ClN2O2S/c15-12-5-2-1-4-11(12)14-17-10(9-20-14)8-16-7-3-6-13(18)19/h1-2,4-5,9,16H,3,6-8H2,(H,18,19). The van der Waals surface area contributed by atoms with E-state index >= 15 is 0 Å². The van der Waals surface area contributed by atoms with Crippen LogP contribution in [-0.4, -0.2) is 22.6 Å². The molecule has 6 heteroatoms. The number of nitrogens with one attached hydrogen (secondary N) is 1. The van der Waals surface area contributed by atoms with Crippen LogP contribution in [0.3, 0.4) is 0 Å². The van der Waals surface area contributed by atoms with Crippen molar-refractivity contribution in [3.8, 4) is 10.6 Å². The third-order valence-electron chi connectivity index (χ3n) is 2.71. The lowest BCUT2D eigenvalue weighted by Gasteiger charge is -2.01. The van der Waals surface area contributed by atoms with Gasteiger partial charge in [0, 0.05) is 23.9 Å². The number of carboxylic acid groups (broad SMARTS) is 1. The Morgan fingerprint density at radius 1 is 1.40 bits per heavy atom. The third kappa shape index (κ3) is 4.30. The van der Waals surface area contributed by atoms with E-state index in [1.165, 1.54) is 0 Å². The van der Waals surface area contributed by atoms with Crippen LogP contribution in [0.15, 0.2) is 29.6 Å². The van der Waals surface area contributed by atoms with E-state index in [4.69, 9.17) is 16.7 Å². The molecule has 0 radical (unpaired) electrons. The van der Waals surface area contributed by atoms with Gasteiger partial charge in [0.25, 0.3) is 0 Å². The lowest BCUT2D eigenvalue weighted by atomic mass is 10.2. The maximum absolute atomic E-state index is 10.4. The molecule has 20 heavy (non-hydrogen) atoms. The highest BCUT2D eigenvalue weighted by Gasteiger charge is 2.07. The molecule has 0 unspecified atom stereocenters. The van der Waals surface area contributed by atoms with Crippen LogP contribution in [0.25, 0.3) is 10.6 Å². The molecule has 0 aliphatic heterocycles. The van der Waals surface area contributed by atoms with Gasteiger partial charge in [-0.05, 0) is 19.0 Å². The molecule has 2 rings (SSSR count). The second kappa shape index (κ2) is 7.38. The van der Waals surface area contributed by atoms with Crippen molar-refractivity contribution in [2.75, 3.05) is 6.54 Å². The first-order chi connectivity index (χ1) is 9.66. The van der Waals surface area contributed by atoms with Crippen LogP contribution < -0.4 is 5.32 Å². The molecule has 1 heterocycles. The molecule has 0 saturated carbocycles. The number of thiazole rings is 1. The first-order valence-electron chi connectivity index (χ1n) is 6.28. The highest BCUT2D eigenvalue weighted by molar-refractivity contribution is 7.13. The molecule has 0 fully saturated rings. The van der Waals surface area contributed by atoms with Gasteiger partial charge in [0.1, 0.15) is 5.01 Å². The van der Waals surface area contributed by atoms with E-state index < -0.39 is 5.97 Å². The van der Waals surface area contributed by atoms with E-state index in [1.807, 2.05) is 29.6 Å². The smallest absolute Gasteiger partial charge is 0.303 e. The van der Waals surface area contributed by atoms with Gasteiger partial charge >= 0.3 is 5.97 Å². The summed E-state index contributed by atoms with van der Waals surface area (Å²) in [6, 6.07) is 7.63. The number of hydrogen-bond donors (Lipinski definition) is 2. The SMILES string of the molecule is O=C(O)CCCNCc1csc(-c2ccccc2Cl)n1. The maximum Gasteiger partial charge on any atom is 0.303 e. The molecule has 0 atom stereocenters. The largest absolute Gasteiger partial charge is 0.481 e. The van der Waals surface area contributed by atoms with Crippen molar-refractivity contribution in [2.24, 2.45) is 0 Å². The van der Waals surface area contributed by atoms with E-state index in [1.54, 1.807) is 11.3 Å². The Labute approximate surface area is 126 Å². The predicted octanol–water partition coefficient (Wildman–Crippen LogP) is 3.42. The van der Waals surface area contributed by atoms with Gasteiger partial charge in [0.05, 0.1) is 10.7 Å². The van der Waals surface area contributed by atoms with E-state index in [-0.39, 0.29) is 6.42 Å². The summed E-state index contributed by atoms with van der Waals surface area (Å²) >= 11 is 7.69. The first kappa shape index (κ1) is 15.0. The molecule has 0 saturated heterocycles. The number of hydrogen-bond acceptors (Lipinski definition) is 4. The van der Waals surface area contributed by atoms with Gasteiger partial charge in [0.2, 0.25) is 0 Å². The topological polar surface area (TPSA) is 62.2 Å². The fourth-order valence-corrected chi connectivity index (χ4v) is 2.87. The molecule has 0 aliphatic carbocycles. The van der Waals surface area contributed by atoms with Gasteiger partial charge in [-0.2, -0.15) is 0 Å². The molecule has 0 amide bonds. The number of benzene rings is 1. The van der Waals surface area contributed by atoms with E-state index in [0.717, 1.165) is 16.3 Å². The van der Waals surface area contributed by atoms with Crippen LogP contribution in [-0.2, 0) is 11.3 Å². The summed E-state index contributed by atoms with van der Waals surface area (Å²) in [6.45, 7) is 1.31. The lowest BCUT2D eigenvalue weighted by Crippen LogP contribution is -2.15. The summed E-state index contributed by atoms with van der Waals surface area (Å²) < 4.78 is 0. The Morgan fingerprint density at radius 2 is 2.20 bits per heavy atom. The number of halogens is 1. The molecule has 2 aromatic rings. The Hall–Kier alpha value is -1.43. The zero-order valence-electron chi connectivity index (χ0n) is 10.8. The molecule has 4 nitrogen and oxygen atoms in total. The average Bonchev–Trinajstić information content (AvgIpc) is 2.87.